The van der Waals surface area contributed by atoms with Crippen LogP contribution in [-0.4, -0.2) is 22.5 Å². The number of alkyl halides is 3. The highest BCUT2D eigenvalue weighted by Crippen LogP contribution is 2.27. The summed E-state index contributed by atoms with van der Waals surface area (Å²) in [6, 6.07) is 1.74. The fourth-order valence-corrected chi connectivity index (χ4v) is 0.739. The number of primary amides is 1. The van der Waals surface area contributed by atoms with Gasteiger partial charge in [0.15, 0.2) is 0 Å². The molecule has 0 aliphatic carbocycles. The molecule has 1 heterocycles. The first-order valence-electron chi connectivity index (χ1n) is 3.73. The molecule has 16 heavy (non-hydrogen) atoms. The molecule has 0 unspecified atom stereocenters. The van der Waals surface area contributed by atoms with Crippen molar-refractivity contribution < 1.29 is 27.9 Å². The molecule has 1 amide bonds. The summed E-state index contributed by atoms with van der Waals surface area (Å²) in [5, 5.41) is 6.89. The van der Waals surface area contributed by atoms with Crippen LogP contribution in [0.3, 0.4) is 0 Å². The smallest absolute Gasteiger partial charge is 0.433 e. The Kier molecular flexibility index (Phi) is 4.93. The van der Waals surface area contributed by atoms with Crippen LogP contribution in [0.4, 0.5) is 13.2 Å². The Hall–Kier alpha value is -2.12. The van der Waals surface area contributed by atoms with Gasteiger partial charge in [0.05, 0.1) is 0 Å². The van der Waals surface area contributed by atoms with E-state index < -0.39 is 17.8 Å². The number of rotatable bonds is 1. The molecule has 0 aliphatic rings. The highest BCUT2D eigenvalue weighted by Gasteiger charge is 2.32. The molecule has 5 nitrogen and oxygen atoms in total. The Morgan fingerprint density at radius 1 is 1.50 bits per heavy atom. The molecule has 0 saturated carbocycles. The van der Waals surface area contributed by atoms with Crippen LogP contribution in [0.2, 0.25) is 0 Å². The predicted octanol–water partition coefficient (Wildman–Crippen LogP) is 0.900. The van der Waals surface area contributed by atoms with E-state index in [0.29, 0.717) is 6.07 Å². The number of nitrogens with zero attached hydrogens (tertiary/aromatic N) is 1. The number of carboxylic acid groups (broad SMARTS) is 1. The van der Waals surface area contributed by atoms with E-state index in [2.05, 4.69) is 4.98 Å². The Labute approximate surface area is 87.7 Å². The van der Waals surface area contributed by atoms with Gasteiger partial charge in [-0.05, 0) is 12.1 Å². The van der Waals surface area contributed by atoms with Crippen LogP contribution < -0.4 is 5.73 Å². The monoisotopic (exact) mass is 236 g/mol. The number of aromatic nitrogens is 1. The molecule has 0 atom stereocenters. The summed E-state index contributed by atoms with van der Waals surface area (Å²) >= 11 is 0. The zero-order valence-electron chi connectivity index (χ0n) is 7.73. The third-order valence-corrected chi connectivity index (χ3v) is 1.33. The van der Waals surface area contributed by atoms with Crippen LogP contribution in [0.1, 0.15) is 16.1 Å². The number of halogens is 3. The highest BCUT2D eigenvalue weighted by molar-refractivity contribution is 5.92. The van der Waals surface area contributed by atoms with Gasteiger partial charge in [-0.25, -0.2) is 0 Å². The zero-order valence-corrected chi connectivity index (χ0v) is 7.73. The molecular weight excluding hydrogens is 229 g/mol. The Morgan fingerprint density at radius 2 is 2.00 bits per heavy atom. The summed E-state index contributed by atoms with van der Waals surface area (Å²) < 4.78 is 36.1. The average Bonchev–Trinajstić information content (AvgIpc) is 2.18. The van der Waals surface area contributed by atoms with E-state index in [1.807, 2.05) is 0 Å². The first-order valence-corrected chi connectivity index (χ1v) is 3.73. The summed E-state index contributed by atoms with van der Waals surface area (Å²) in [4.78, 5) is 21.9. The normalized spacial score (nSPS) is 9.94. The minimum Gasteiger partial charge on any atom is -0.483 e. The molecule has 0 fully saturated rings. The number of carbonyl (C=O) groups is 2. The van der Waals surface area contributed by atoms with Gasteiger partial charge in [-0.1, -0.05) is 0 Å². The van der Waals surface area contributed by atoms with Crippen molar-refractivity contribution in [2.75, 3.05) is 0 Å². The predicted molar refractivity (Wildman–Crippen MR) is 46.4 cm³/mol. The summed E-state index contributed by atoms with van der Waals surface area (Å²) in [5.74, 6) is -0.909. The molecule has 0 aliphatic heterocycles. The van der Waals surface area contributed by atoms with Crippen molar-refractivity contribution in [2.24, 2.45) is 5.73 Å². The maximum absolute atomic E-state index is 12.0. The number of hydrogen-bond acceptors (Lipinski definition) is 3. The van der Waals surface area contributed by atoms with Crippen molar-refractivity contribution in [3.8, 4) is 0 Å². The maximum Gasteiger partial charge on any atom is 0.433 e. The number of amides is 1. The number of carbonyl (C=O) groups excluding carboxylic acids is 1. The van der Waals surface area contributed by atoms with Crippen molar-refractivity contribution in [2.45, 2.75) is 6.18 Å². The molecule has 1 aromatic rings. The van der Waals surface area contributed by atoms with Crippen LogP contribution in [0, 0.1) is 0 Å². The molecule has 88 valence electrons. The van der Waals surface area contributed by atoms with Crippen molar-refractivity contribution in [1.82, 2.24) is 4.98 Å². The second-order valence-electron chi connectivity index (χ2n) is 2.40. The third-order valence-electron chi connectivity index (χ3n) is 1.33. The molecule has 3 N–H and O–H groups in total. The maximum atomic E-state index is 12.0. The molecule has 0 aromatic carbocycles. The lowest BCUT2D eigenvalue weighted by molar-refractivity contribution is -0.141. The van der Waals surface area contributed by atoms with Crippen LogP contribution in [0.5, 0.6) is 0 Å². The van der Waals surface area contributed by atoms with E-state index in [4.69, 9.17) is 15.6 Å². The van der Waals surface area contributed by atoms with Gasteiger partial charge in [0.25, 0.3) is 6.47 Å². The van der Waals surface area contributed by atoms with E-state index in [0.717, 1.165) is 12.3 Å². The average molecular weight is 236 g/mol. The molecule has 0 saturated heterocycles. The summed E-state index contributed by atoms with van der Waals surface area (Å²) in [6.45, 7) is -0.250. The van der Waals surface area contributed by atoms with Crippen LogP contribution in [-0.2, 0) is 11.0 Å². The van der Waals surface area contributed by atoms with Crippen LogP contribution in [0.15, 0.2) is 18.3 Å². The van der Waals surface area contributed by atoms with Crippen molar-refractivity contribution in [3.05, 3.63) is 29.6 Å². The molecule has 8 heteroatoms. The fourth-order valence-electron chi connectivity index (χ4n) is 0.739. The Bertz CT molecular complexity index is 379. The topological polar surface area (TPSA) is 93.3 Å². The first kappa shape index (κ1) is 13.9. The first-order chi connectivity index (χ1) is 7.32. The number of hydrogen-bond donors (Lipinski definition) is 2. The van der Waals surface area contributed by atoms with Gasteiger partial charge >= 0.3 is 6.18 Å². The lowest BCUT2D eigenvalue weighted by Crippen LogP contribution is -2.14. The minimum atomic E-state index is -4.55. The van der Waals surface area contributed by atoms with Gasteiger partial charge < -0.3 is 10.8 Å². The molecule has 1 aromatic heterocycles. The van der Waals surface area contributed by atoms with Gasteiger partial charge in [-0.3, -0.25) is 14.6 Å². The van der Waals surface area contributed by atoms with Crippen molar-refractivity contribution in [1.29, 1.82) is 0 Å². The minimum absolute atomic E-state index is 0.206. The lowest BCUT2D eigenvalue weighted by atomic mass is 10.2. The third kappa shape index (κ3) is 4.40. The molecular formula is C8H7F3N2O3. The summed E-state index contributed by atoms with van der Waals surface area (Å²) in [6.07, 6.45) is -3.66. The second-order valence-corrected chi connectivity index (χ2v) is 2.40. The van der Waals surface area contributed by atoms with Gasteiger partial charge in [0.2, 0.25) is 5.91 Å². The number of pyridine rings is 1. The zero-order chi connectivity index (χ0) is 12.8. The number of nitrogens with two attached hydrogens (primary N) is 1. The lowest BCUT2D eigenvalue weighted by Gasteiger charge is -2.05. The van der Waals surface area contributed by atoms with E-state index in [9.17, 15) is 18.0 Å². The molecule has 1 rings (SSSR count). The van der Waals surface area contributed by atoms with E-state index in [1.54, 1.807) is 0 Å². The van der Waals surface area contributed by atoms with Crippen LogP contribution in [0.25, 0.3) is 0 Å². The summed E-state index contributed by atoms with van der Waals surface area (Å²) in [7, 11) is 0. The van der Waals surface area contributed by atoms with E-state index in [-0.39, 0.29) is 12.0 Å². The Morgan fingerprint density at radius 3 is 2.38 bits per heavy atom. The van der Waals surface area contributed by atoms with Crippen LogP contribution >= 0.6 is 0 Å². The van der Waals surface area contributed by atoms with Gasteiger partial charge in [0.1, 0.15) is 5.69 Å². The van der Waals surface area contributed by atoms with E-state index >= 15 is 0 Å². The largest absolute Gasteiger partial charge is 0.483 e. The van der Waals surface area contributed by atoms with Gasteiger partial charge in [0, 0.05) is 11.8 Å². The second kappa shape index (κ2) is 5.69. The van der Waals surface area contributed by atoms with Crippen molar-refractivity contribution >= 4 is 12.4 Å². The highest BCUT2D eigenvalue weighted by atomic mass is 19.4. The van der Waals surface area contributed by atoms with Crippen molar-refractivity contribution in [3.63, 3.8) is 0 Å². The fraction of sp³-hybridized carbons (Fsp3) is 0.125. The Balaban J connectivity index is 0.000000673. The molecule has 0 bridgehead atoms. The quantitative estimate of drug-likeness (QED) is 0.708. The molecule has 0 radical (unpaired) electrons. The summed E-state index contributed by atoms with van der Waals surface area (Å²) in [5.41, 5.74) is 3.46. The van der Waals surface area contributed by atoms with Gasteiger partial charge in [-0.2, -0.15) is 13.2 Å². The van der Waals surface area contributed by atoms with E-state index in [1.165, 1.54) is 0 Å². The molecule has 0 spiro atoms. The SMILES string of the molecule is NC(=O)c1ccnc(C(F)(F)F)c1.O=CO. The standard InChI is InChI=1S/C7H5F3N2O.CH2O2/c8-7(9,10)5-3-4(6(11)13)1-2-12-5;2-1-3/h1-3H,(H2,11,13);1H,(H,2,3). The van der Waals surface area contributed by atoms with Gasteiger partial charge in [-0.15, -0.1) is 0 Å².